The minimum absolute atomic E-state index is 0. The number of carbonyl (C=O) groups is 1. The quantitative estimate of drug-likeness (QED) is 0.365. The molecule has 0 saturated heterocycles. The molecule has 0 saturated carbocycles. The molecule has 1 amide bonds. The molecule has 0 atom stereocenters. The van der Waals surface area contributed by atoms with E-state index in [1.54, 1.807) is 11.3 Å². The average Bonchev–Trinajstić information content (AvgIpc) is 3.25. The van der Waals surface area contributed by atoms with Gasteiger partial charge >= 0.3 is 0 Å². The lowest BCUT2D eigenvalue weighted by Crippen LogP contribution is -2.40. The van der Waals surface area contributed by atoms with Gasteiger partial charge in [-0.05, 0) is 31.9 Å². The van der Waals surface area contributed by atoms with Gasteiger partial charge < -0.3 is 15.5 Å². The summed E-state index contributed by atoms with van der Waals surface area (Å²) in [7, 11) is 0. The van der Waals surface area contributed by atoms with Gasteiger partial charge in [0.25, 0.3) is 0 Å². The van der Waals surface area contributed by atoms with Crippen LogP contribution in [0.2, 0.25) is 0 Å². The van der Waals surface area contributed by atoms with E-state index in [9.17, 15) is 4.79 Å². The first-order chi connectivity index (χ1) is 12.7. The molecule has 27 heavy (non-hydrogen) atoms. The van der Waals surface area contributed by atoms with Crippen molar-refractivity contribution in [2.24, 2.45) is 4.99 Å². The van der Waals surface area contributed by atoms with E-state index in [-0.39, 0.29) is 36.4 Å². The highest BCUT2D eigenvalue weighted by atomic mass is 127. The van der Waals surface area contributed by atoms with E-state index in [4.69, 9.17) is 0 Å². The smallest absolute Gasteiger partial charge is 0.248 e. The number of hydrogen-bond acceptors (Lipinski definition) is 4. The molecule has 1 aliphatic rings. The van der Waals surface area contributed by atoms with Gasteiger partial charge in [0, 0.05) is 37.1 Å². The van der Waals surface area contributed by atoms with Crippen LogP contribution in [0.1, 0.15) is 23.2 Å². The second kappa shape index (κ2) is 10.6. The molecule has 1 aliphatic heterocycles. The molecule has 1 aromatic carbocycles. The molecule has 0 aliphatic carbocycles. The van der Waals surface area contributed by atoms with E-state index in [0.29, 0.717) is 5.96 Å². The molecule has 2 heterocycles. The van der Waals surface area contributed by atoms with E-state index in [1.807, 2.05) is 36.9 Å². The normalized spacial score (nSPS) is 13.1. The van der Waals surface area contributed by atoms with Crippen LogP contribution in [0.4, 0.5) is 5.69 Å². The number of aromatic nitrogens is 1. The van der Waals surface area contributed by atoms with Crippen molar-refractivity contribution in [1.29, 1.82) is 0 Å². The number of aliphatic imine (C=N–C) groups is 1. The Morgan fingerprint density at radius 3 is 2.89 bits per heavy atom. The van der Waals surface area contributed by atoms with Gasteiger partial charge in [-0.15, -0.1) is 35.3 Å². The third kappa shape index (κ3) is 5.90. The predicted octanol–water partition coefficient (Wildman–Crippen LogP) is 2.76. The third-order valence-corrected chi connectivity index (χ3v) is 5.07. The van der Waals surface area contributed by atoms with E-state index in [1.165, 1.54) is 5.56 Å². The number of guanidine groups is 1. The Hall–Kier alpha value is -1.68. The molecule has 2 N–H and O–H groups in total. The van der Waals surface area contributed by atoms with Crippen LogP contribution in [-0.2, 0) is 17.6 Å². The first-order valence-corrected chi connectivity index (χ1v) is 9.86. The molecule has 0 radical (unpaired) electrons. The van der Waals surface area contributed by atoms with Crippen LogP contribution in [0.15, 0.2) is 34.6 Å². The number of aryl methyl sites for hydroxylation is 1. The van der Waals surface area contributed by atoms with Gasteiger partial charge in [0.2, 0.25) is 5.91 Å². The topological polar surface area (TPSA) is 69.6 Å². The number of nitrogens with zero attached hydrogens (tertiary/aromatic N) is 3. The van der Waals surface area contributed by atoms with Gasteiger partial charge in [-0.3, -0.25) is 4.79 Å². The Morgan fingerprint density at radius 2 is 2.15 bits per heavy atom. The average molecular weight is 499 g/mol. The number of fused-ring (bicyclic) bond motifs is 1. The van der Waals surface area contributed by atoms with Crippen molar-refractivity contribution in [2.45, 2.75) is 26.7 Å². The van der Waals surface area contributed by atoms with Crippen LogP contribution in [0.3, 0.4) is 0 Å². The molecule has 146 valence electrons. The van der Waals surface area contributed by atoms with Crippen LogP contribution < -0.4 is 15.5 Å². The highest BCUT2D eigenvalue weighted by Gasteiger charge is 2.23. The largest absolute Gasteiger partial charge is 0.357 e. The van der Waals surface area contributed by atoms with Gasteiger partial charge in [-0.1, -0.05) is 18.2 Å². The van der Waals surface area contributed by atoms with Crippen molar-refractivity contribution in [3.63, 3.8) is 0 Å². The fraction of sp³-hybridized carbons (Fsp3) is 0.421. The maximum atomic E-state index is 12.6. The van der Waals surface area contributed by atoms with Gasteiger partial charge in [-0.25, -0.2) is 9.98 Å². The van der Waals surface area contributed by atoms with Crippen LogP contribution in [-0.4, -0.2) is 43.0 Å². The zero-order chi connectivity index (χ0) is 18.4. The number of amides is 1. The zero-order valence-corrected chi connectivity index (χ0v) is 18.8. The number of carbonyl (C=O) groups excluding carboxylic acids is 1. The van der Waals surface area contributed by atoms with Crippen molar-refractivity contribution in [3.05, 3.63) is 45.9 Å². The summed E-state index contributed by atoms with van der Waals surface area (Å²) in [5, 5.41) is 9.63. The van der Waals surface area contributed by atoms with Crippen LogP contribution >= 0.6 is 35.3 Å². The lowest BCUT2D eigenvalue weighted by Gasteiger charge is -2.17. The number of rotatable bonds is 6. The van der Waals surface area contributed by atoms with E-state index >= 15 is 0 Å². The maximum Gasteiger partial charge on any atom is 0.248 e. The molecule has 3 rings (SSSR count). The number of para-hydroxylation sites is 1. The van der Waals surface area contributed by atoms with E-state index < -0.39 is 0 Å². The Balaban J connectivity index is 0.00000261. The third-order valence-electron chi connectivity index (χ3n) is 4.25. The SMILES string of the molecule is CCNC(=NCC(=O)N1CCc2ccccc21)NCCc1csc(C)n1.I. The summed E-state index contributed by atoms with van der Waals surface area (Å²) in [6.07, 6.45) is 1.75. The summed E-state index contributed by atoms with van der Waals surface area (Å²) in [4.78, 5) is 23.3. The lowest BCUT2D eigenvalue weighted by atomic mass is 10.2. The maximum absolute atomic E-state index is 12.6. The number of hydrogen-bond donors (Lipinski definition) is 2. The van der Waals surface area contributed by atoms with Crippen LogP contribution in [0, 0.1) is 6.92 Å². The number of nitrogens with one attached hydrogen (secondary N) is 2. The molecular weight excluding hydrogens is 473 g/mol. The van der Waals surface area contributed by atoms with Crippen molar-refractivity contribution < 1.29 is 4.79 Å². The van der Waals surface area contributed by atoms with E-state index in [2.05, 4.69) is 32.1 Å². The van der Waals surface area contributed by atoms with Crippen molar-refractivity contribution in [1.82, 2.24) is 15.6 Å². The van der Waals surface area contributed by atoms with Gasteiger partial charge in [0.15, 0.2) is 5.96 Å². The summed E-state index contributed by atoms with van der Waals surface area (Å²) in [6, 6.07) is 8.07. The second-order valence-corrected chi connectivity index (χ2v) is 7.22. The van der Waals surface area contributed by atoms with Crippen LogP contribution in [0.5, 0.6) is 0 Å². The predicted molar refractivity (Wildman–Crippen MR) is 122 cm³/mol. The minimum Gasteiger partial charge on any atom is -0.357 e. The van der Waals surface area contributed by atoms with Crippen molar-refractivity contribution in [3.8, 4) is 0 Å². The Kier molecular flexibility index (Phi) is 8.49. The lowest BCUT2D eigenvalue weighted by molar-refractivity contribution is -0.117. The van der Waals surface area contributed by atoms with Gasteiger partial charge in [-0.2, -0.15) is 0 Å². The molecule has 0 fully saturated rings. The fourth-order valence-corrected chi connectivity index (χ4v) is 3.65. The highest BCUT2D eigenvalue weighted by Crippen LogP contribution is 2.27. The molecule has 8 heteroatoms. The first kappa shape index (κ1) is 21.6. The summed E-state index contributed by atoms with van der Waals surface area (Å²) in [5.74, 6) is 0.697. The van der Waals surface area contributed by atoms with Crippen molar-refractivity contribution >= 4 is 52.9 Å². The highest BCUT2D eigenvalue weighted by molar-refractivity contribution is 14.0. The Labute approximate surface area is 181 Å². The number of anilines is 1. The molecule has 0 unspecified atom stereocenters. The molecule has 0 bridgehead atoms. The molecular formula is C19H26IN5OS. The standard InChI is InChI=1S/C19H25N5OS.HI/c1-3-20-19(21-10-8-16-13-26-14(2)23-16)22-12-18(25)24-11-9-15-6-4-5-7-17(15)24;/h4-7,13H,3,8-12H2,1-2H3,(H2,20,21,22);1H. The minimum atomic E-state index is 0. The van der Waals surface area contributed by atoms with Crippen LogP contribution in [0.25, 0.3) is 0 Å². The molecule has 1 aromatic heterocycles. The number of thiazole rings is 1. The zero-order valence-electron chi connectivity index (χ0n) is 15.7. The van der Waals surface area contributed by atoms with Gasteiger partial charge in [0.05, 0.1) is 10.7 Å². The van der Waals surface area contributed by atoms with Crippen molar-refractivity contribution in [2.75, 3.05) is 31.1 Å². The Morgan fingerprint density at radius 1 is 1.33 bits per heavy atom. The fourth-order valence-electron chi connectivity index (χ4n) is 3.00. The first-order valence-electron chi connectivity index (χ1n) is 8.99. The molecule has 6 nitrogen and oxygen atoms in total. The molecule has 2 aromatic rings. The second-order valence-electron chi connectivity index (χ2n) is 6.15. The number of benzene rings is 1. The van der Waals surface area contributed by atoms with E-state index in [0.717, 1.165) is 48.9 Å². The molecule has 0 spiro atoms. The summed E-state index contributed by atoms with van der Waals surface area (Å²) in [6.45, 7) is 6.38. The van der Waals surface area contributed by atoms with Gasteiger partial charge in [0.1, 0.15) is 6.54 Å². The summed E-state index contributed by atoms with van der Waals surface area (Å²) < 4.78 is 0. The summed E-state index contributed by atoms with van der Waals surface area (Å²) >= 11 is 1.66. The Bertz CT molecular complexity index is 792. The summed E-state index contributed by atoms with van der Waals surface area (Å²) in [5.41, 5.74) is 3.33. The number of halogens is 1. The monoisotopic (exact) mass is 499 g/mol.